The molecule has 0 aliphatic heterocycles. The van der Waals surface area contributed by atoms with Gasteiger partial charge in [0, 0.05) is 0 Å². The van der Waals surface area contributed by atoms with Crippen molar-refractivity contribution < 1.29 is 0 Å². The first-order valence-corrected chi connectivity index (χ1v) is 9.76. The van der Waals surface area contributed by atoms with Crippen LogP contribution in [0.3, 0.4) is 0 Å². The van der Waals surface area contributed by atoms with Crippen LogP contribution in [0.4, 0.5) is 0 Å². The molecule has 0 heterocycles. The lowest BCUT2D eigenvalue weighted by Gasteiger charge is -2.10. The fraction of sp³-hybridized carbons (Fsp3) is 0. The molecule has 0 aromatic heterocycles. The third-order valence-electron chi connectivity index (χ3n) is 4.18. The third-order valence-corrected chi connectivity index (χ3v) is 6.56. The molecule has 0 fully saturated rings. The van der Waals surface area contributed by atoms with Gasteiger partial charge in [0.2, 0.25) is 0 Å². The van der Waals surface area contributed by atoms with Gasteiger partial charge in [-0.3, -0.25) is 0 Å². The van der Waals surface area contributed by atoms with E-state index >= 15 is 0 Å². The van der Waals surface area contributed by atoms with Crippen LogP contribution in [-0.4, -0.2) is 20.1 Å². The minimum absolute atomic E-state index is 0.351. The van der Waals surface area contributed by atoms with Crippen LogP contribution in [0.25, 0.3) is 32.3 Å². The van der Waals surface area contributed by atoms with Crippen molar-refractivity contribution in [1.29, 1.82) is 0 Å². The van der Waals surface area contributed by atoms with Gasteiger partial charge in [0.15, 0.2) is 0 Å². The maximum atomic E-state index is 3.56. The highest BCUT2D eigenvalue weighted by atomic mass is 28.3. The third kappa shape index (κ3) is 2.10. The Morgan fingerprint density at radius 2 is 1.43 bits per heavy atom. The van der Waals surface area contributed by atoms with E-state index < -0.39 is 0 Å². The number of nitrogens with one attached hydrogen (secondary N) is 1. The van der Waals surface area contributed by atoms with E-state index in [-0.39, 0.29) is 9.68 Å². The molecule has 0 saturated heterocycles. The standard InChI is InChI=1S/C18H17NSi2/c20-19-21-17-7-3-6-12-8-9-15-10-13-4-1-2-5-14(13)11-16(15)18(12)17/h1-11,19H,21H2,20H3. The van der Waals surface area contributed by atoms with Crippen molar-refractivity contribution in [2.75, 3.05) is 0 Å². The molecule has 0 unspecified atom stereocenters. The van der Waals surface area contributed by atoms with Crippen LogP contribution in [-0.2, 0) is 0 Å². The topological polar surface area (TPSA) is 12.0 Å². The fourth-order valence-electron chi connectivity index (χ4n) is 3.22. The molecular formula is C18H17NSi2. The SMILES string of the molecule is [SiH3]N[SiH2]c1cccc2ccc3cc4ccccc4cc3c12. The zero-order valence-electron chi connectivity index (χ0n) is 12.1. The van der Waals surface area contributed by atoms with Gasteiger partial charge < -0.3 is 4.65 Å². The zero-order chi connectivity index (χ0) is 14.2. The first-order chi connectivity index (χ1) is 10.4. The number of hydrogen-bond donors (Lipinski definition) is 1. The maximum Gasteiger partial charge on any atom is 0.118 e. The van der Waals surface area contributed by atoms with Crippen molar-refractivity contribution in [3.8, 4) is 0 Å². The number of hydrogen-bond acceptors (Lipinski definition) is 1. The minimum Gasteiger partial charge on any atom is -0.368 e. The van der Waals surface area contributed by atoms with Crippen LogP contribution in [0.15, 0.2) is 66.7 Å². The minimum atomic E-state index is -0.351. The molecule has 0 bridgehead atoms. The lowest BCUT2D eigenvalue weighted by atomic mass is 9.98. The number of fused-ring (bicyclic) bond motifs is 4. The van der Waals surface area contributed by atoms with E-state index in [2.05, 4.69) is 71.4 Å². The van der Waals surface area contributed by atoms with Gasteiger partial charge in [-0.2, -0.15) is 0 Å². The Morgan fingerprint density at radius 3 is 2.24 bits per heavy atom. The second kappa shape index (κ2) is 5.11. The Bertz CT molecular complexity index is 963. The van der Waals surface area contributed by atoms with Gasteiger partial charge in [0.1, 0.15) is 9.68 Å². The van der Waals surface area contributed by atoms with Crippen molar-refractivity contribution in [3.63, 3.8) is 0 Å². The van der Waals surface area contributed by atoms with E-state index in [4.69, 9.17) is 0 Å². The number of benzene rings is 4. The molecular weight excluding hydrogens is 286 g/mol. The maximum absolute atomic E-state index is 3.56. The van der Waals surface area contributed by atoms with E-state index in [1.54, 1.807) is 0 Å². The predicted octanol–water partition coefficient (Wildman–Crippen LogP) is 1.73. The highest BCUT2D eigenvalue weighted by Gasteiger charge is 2.06. The van der Waals surface area contributed by atoms with Crippen molar-refractivity contribution in [2.45, 2.75) is 0 Å². The van der Waals surface area contributed by atoms with E-state index in [9.17, 15) is 0 Å². The van der Waals surface area contributed by atoms with Crippen molar-refractivity contribution in [3.05, 3.63) is 66.7 Å². The lowest BCUT2D eigenvalue weighted by Crippen LogP contribution is -2.28. The summed E-state index contributed by atoms with van der Waals surface area (Å²) in [5.41, 5.74) is 0. The molecule has 0 spiro atoms. The van der Waals surface area contributed by atoms with E-state index in [0.717, 1.165) is 10.4 Å². The van der Waals surface area contributed by atoms with E-state index in [0.29, 0.717) is 0 Å². The summed E-state index contributed by atoms with van der Waals surface area (Å²) in [6.07, 6.45) is 0. The van der Waals surface area contributed by atoms with Gasteiger partial charge in [-0.05, 0) is 49.6 Å². The molecule has 3 heteroatoms. The molecule has 4 rings (SSSR count). The van der Waals surface area contributed by atoms with Crippen LogP contribution in [0.2, 0.25) is 0 Å². The quantitative estimate of drug-likeness (QED) is 0.338. The van der Waals surface area contributed by atoms with Crippen molar-refractivity contribution in [1.82, 2.24) is 4.65 Å². The molecule has 1 N–H and O–H groups in total. The van der Waals surface area contributed by atoms with Gasteiger partial charge in [0.25, 0.3) is 0 Å². The monoisotopic (exact) mass is 303 g/mol. The van der Waals surface area contributed by atoms with Gasteiger partial charge in [-0.1, -0.05) is 54.6 Å². The molecule has 1 nitrogen and oxygen atoms in total. The Hall–Kier alpha value is -1.95. The summed E-state index contributed by atoms with van der Waals surface area (Å²) in [7, 11) is 0.728. The van der Waals surface area contributed by atoms with Crippen LogP contribution in [0.1, 0.15) is 0 Å². The Morgan fingerprint density at radius 1 is 0.714 bits per heavy atom. The van der Waals surface area contributed by atoms with Crippen LogP contribution >= 0.6 is 0 Å². The van der Waals surface area contributed by atoms with E-state index in [1.807, 2.05) is 0 Å². The largest absolute Gasteiger partial charge is 0.368 e. The molecule has 4 aromatic carbocycles. The van der Waals surface area contributed by atoms with Crippen molar-refractivity contribution in [2.24, 2.45) is 0 Å². The van der Waals surface area contributed by atoms with Crippen LogP contribution in [0, 0.1) is 0 Å². The summed E-state index contributed by atoms with van der Waals surface area (Å²) in [6, 6.07) is 24.5. The summed E-state index contributed by atoms with van der Waals surface area (Å²) < 4.78 is 3.56. The molecule has 0 radical (unpaired) electrons. The zero-order valence-corrected chi connectivity index (χ0v) is 15.5. The van der Waals surface area contributed by atoms with Gasteiger partial charge >= 0.3 is 0 Å². The number of rotatable bonds is 2. The molecule has 0 amide bonds. The molecule has 21 heavy (non-hydrogen) atoms. The van der Waals surface area contributed by atoms with Gasteiger partial charge in [-0.25, -0.2) is 0 Å². The van der Waals surface area contributed by atoms with E-state index in [1.165, 1.54) is 37.5 Å². The van der Waals surface area contributed by atoms with Gasteiger partial charge in [0.05, 0.1) is 10.4 Å². The summed E-state index contributed by atoms with van der Waals surface area (Å²) in [5.74, 6) is 0. The van der Waals surface area contributed by atoms with Crippen molar-refractivity contribution >= 4 is 57.6 Å². The lowest BCUT2D eigenvalue weighted by molar-refractivity contribution is 1.64. The van der Waals surface area contributed by atoms with Crippen LogP contribution in [0.5, 0.6) is 0 Å². The Labute approximate surface area is 129 Å². The summed E-state index contributed by atoms with van der Waals surface area (Å²) in [5, 5.41) is 9.73. The smallest absolute Gasteiger partial charge is 0.118 e. The highest BCUT2D eigenvalue weighted by molar-refractivity contribution is 6.60. The fourth-order valence-corrected chi connectivity index (χ4v) is 5.57. The normalized spacial score (nSPS) is 12.2. The average molecular weight is 304 g/mol. The molecule has 0 saturated carbocycles. The molecule has 0 aliphatic carbocycles. The summed E-state index contributed by atoms with van der Waals surface area (Å²) in [4.78, 5) is 0. The second-order valence-corrected chi connectivity index (χ2v) is 9.48. The molecule has 102 valence electrons. The summed E-state index contributed by atoms with van der Waals surface area (Å²) in [6.45, 7) is 0. The highest BCUT2D eigenvalue weighted by Crippen LogP contribution is 2.28. The summed E-state index contributed by atoms with van der Waals surface area (Å²) >= 11 is 0. The first kappa shape index (κ1) is 12.8. The predicted molar refractivity (Wildman–Crippen MR) is 100 cm³/mol. The van der Waals surface area contributed by atoms with Gasteiger partial charge in [-0.15, -0.1) is 0 Å². The average Bonchev–Trinajstić information content (AvgIpc) is 2.53. The second-order valence-electron chi connectivity index (χ2n) is 5.53. The van der Waals surface area contributed by atoms with Crippen LogP contribution < -0.4 is 9.83 Å². The molecule has 4 aromatic rings. The molecule has 0 atom stereocenters. The Balaban J connectivity index is 2.18. The first-order valence-electron chi connectivity index (χ1n) is 7.34. The Kier molecular flexibility index (Phi) is 3.11. The molecule has 0 aliphatic rings.